The maximum absolute atomic E-state index is 11.9. The quantitative estimate of drug-likeness (QED) is 0.717. The topological polar surface area (TPSA) is 64.6 Å². The molecule has 132 valence electrons. The highest BCUT2D eigenvalue weighted by Gasteiger charge is 2.19. The number of hydrogen-bond donors (Lipinski definition) is 1. The molecule has 5 nitrogen and oxygen atoms in total. The minimum absolute atomic E-state index is 0.267. The second kappa shape index (κ2) is 8.94. The van der Waals surface area contributed by atoms with Gasteiger partial charge in [0.1, 0.15) is 5.75 Å². The fourth-order valence-electron chi connectivity index (χ4n) is 1.81. The molecule has 8 heteroatoms. The van der Waals surface area contributed by atoms with Crippen LogP contribution in [0.1, 0.15) is 6.92 Å². The minimum atomic E-state index is -0.952. The van der Waals surface area contributed by atoms with Crippen LogP contribution in [-0.2, 0) is 14.3 Å². The van der Waals surface area contributed by atoms with E-state index in [1.54, 1.807) is 36.4 Å². The van der Waals surface area contributed by atoms with Gasteiger partial charge in [0, 0.05) is 5.02 Å². The summed E-state index contributed by atoms with van der Waals surface area (Å²) in [6.45, 7) is 1.02. The Bertz CT molecular complexity index is 782. The van der Waals surface area contributed by atoms with Crippen LogP contribution in [0.4, 0.5) is 5.69 Å². The van der Waals surface area contributed by atoms with E-state index in [-0.39, 0.29) is 10.8 Å². The van der Waals surface area contributed by atoms with Gasteiger partial charge in [-0.1, -0.05) is 46.9 Å². The Morgan fingerprint density at radius 3 is 2.48 bits per heavy atom. The van der Waals surface area contributed by atoms with Gasteiger partial charge >= 0.3 is 5.97 Å². The summed E-state index contributed by atoms with van der Waals surface area (Å²) < 4.78 is 10.3. The maximum Gasteiger partial charge on any atom is 0.347 e. The highest BCUT2D eigenvalue weighted by Crippen LogP contribution is 2.28. The maximum atomic E-state index is 11.9. The molecule has 0 aliphatic carbocycles. The van der Waals surface area contributed by atoms with E-state index >= 15 is 0 Å². The summed E-state index contributed by atoms with van der Waals surface area (Å²) in [5, 5.41) is 3.65. The predicted molar refractivity (Wildman–Crippen MR) is 97.6 cm³/mol. The monoisotopic (exact) mass is 401 g/mol. The molecular weight excluding hydrogens is 389 g/mol. The lowest BCUT2D eigenvalue weighted by molar-refractivity contribution is -0.153. The van der Waals surface area contributed by atoms with E-state index in [0.29, 0.717) is 15.7 Å². The van der Waals surface area contributed by atoms with E-state index in [4.69, 9.17) is 44.3 Å². The zero-order valence-electron chi connectivity index (χ0n) is 13.1. The summed E-state index contributed by atoms with van der Waals surface area (Å²) in [5.41, 5.74) is 0.433. The van der Waals surface area contributed by atoms with Crippen molar-refractivity contribution in [3.8, 4) is 5.75 Å². The fourth-order valence-corrected chi connectivity index (χ4v) is 2.45. The summed E-state index contributed by atoms with van der Waals surface area (Å²) in [6, 6.07) is 11.3. The van der Waals surface area contributed by atoms with Gasteiger partial charge in [-0.25, -0.2) is 4.79 Å². The average molecular weight is 403 g/mol. The minimum Gasteiger partial charge on any atom is -0.477 e. The molecule has 1 N–H and O–H groups in total. The number of nitrogens with one attached hydrogen (secondary N) is 1. The molecule has 2 aromatic rings. The number of amides is 1. The number of ether oxygens (including phenoxy) is 2. The highest BCUT2D eigenvalue weighted by atomic mass is 35.5. The molecule has 0 bridgehead atoms. The predicted octanol–water partition coefficient (Wildman–Crippen LogP) is 4.60. The standard InChI is InChI=1S/C17H14Cl3NO4/c1-10(25-15-7-6-11(18)8-13(15)20)17(23)24-9-16(22)21-14-5-3-2-4-12(14)19/h2-8,10H,9H2,1H3,(H,21,22)/t10-/m1/s1. The van der Waals surface area contributed by atoms with Crippen molar-refractivity contribution in [2.24, 2.45) is 0 Å². The molecule has 0 aromatic heterocycles. The zero-order chi connectivity index (χ0) is 18.4. The molecule has 2 aromatic carbocycles. The number of hydrogen-bond acceptors (Lipinski definition) is 4. The molecule has 25 heavy (non-hydrogen) atoms. The average Bonchev–Trinajstić information content (AvgIpc) is 2.57. The normalized spacial score (nSPS) is 11.5. The molecule has 2 rings (SSSR count). The summed E-state index contributed by atoms with van der Waals surface area (Å²) in [5.74, 6) is -0.936. The Kier molecular flexibility index (Phi) is 6.93. The van der Waals surface area contributed by atoms with Gasteiger partial charge < -0.3 is 14.8 Å². The molecular formula is C17H14Cl3NO4. The van der Waals surface area contributed by atoms with Crippen molar-refractivity contribution in [1.29, 1.82) is 0 Å². The molecule has 1 amide bonds. The van der Waals surface area contributed by atoms with Crippen molar-refractivity contribution < 1.29 is 19.1 Å². The number of para-hydroxylation sites is 1. The van der Waals surface area contributed by atoms with E-state index in [1.165, 1.54) is 13.0 Å². The largest absolute Gasteiger partial charge is 0.477 e. The van der Waals surface area contributed by atoms with Gasteiger partial charge in [0.2, 0.25) is 0 Å². The van der Waals surface area contributed by atoms with Crippen LogP contribution in [0.25, 0.3) is 0 Å². The molecule has 0 aliphatic rings. The zero-order valence-corrected chi connectivity index (χ0v) is 15.4. The summed E-state index contributed by atoms with van der Waals surface area (Å²) in [6.07, 6.45) is -0.952. The molecule has 0 fully saturated rings. The fraction of sp³-hybridized carbons (Fsp3) is 0.176. The first kappa shape index (κ1) is 19.4. The van der Waals surface area contributed by atoms with Gasteiger partial charge in [0.25, 0.3) is 5.91 Å². The van der Waals surface area contributed by atoms with Crippen molar-refractivity contribution in [2.75, 3.05) is 11.9 Å². The van der Waals surface area contributed by atoms with E-state index in [1.807, 2.05) is 0 Å². The first-order chi connectivity index (χ1) is 11.9. The van der Waals surface area contributed by atoms with Crippen LogP contribution < -0.4 is 10.1 Å². The van der Waals surface area contributed by atoms with E-state index in [2.05, 4.69) is 5.32 Å². The SMILES string of the molecule is C[C@@H](Oc1ccc(Cl)cc1Cl)C(=O)OCC(=O)Nc1ccccc1Cl. The van der Waals surface area contributed by atoms with Crippen molar-refractivity contribution in [1.82, 2.24) is 0 Å². The van der Waals surface area contributed by atoms with Gasteiger partial charge in [-0.2, -0.15) is 0 Å². The Balaban J connectivity index is 1.84. The molecule has 0 heterocycles. The summed E-state index contributed by atoms with van der Waals surface area (Å²) in [7, 11) is 0. The highest BCUT2D eigenvalue weighted by molar-refractivity contribution is 6.35. The number of halogens is 3. The van der Waals surface area contributed by atoms with E-state index in [9.17, 15) is 9.59 Å². The molecule has 0 spiro atoms. The van der Waals surface area contributed by atoms with Crippen molar-refractivity contribution in [2.45, 2.75) is 13.0 Å². The number of carbonyl (C=O) groups is 2. The Morgan fingerprint density at radius 2 is 1.80 bits per heavy atom. The lowest BCUT2D eigenvalue weighted by atomic mass is 10.3. The van der Waals surface area contributed by atoms with Gasteiger partial charge in [-0.05, 0) is 37.3 Å². The van der Waals surface area contributed by atoms with Gasteiger partial charge in [0.05, 0.1) is 15.7 Å². The third-order valence-corrected chi connectivity index (χ3v) is 3.88. The van der Waals surface area contributed by atoms with Gasteiger partial charge in [-0.15, -0.1) is 0 Å². The van der Waals surface area contributed by atoms with Crippen LogP contribution in [0.5, 0.6) is 5.75 Å². The van der Waals surface area contributed by atoms with E-state index in [0.717, 1.165) is 0 Å². The van der Waals surface area contributed by atoms with Crippen LogP contribution in [0.2, 0.25) is 15.1 Å². The van der Waals surface area contributed by atoms with Gasteiger partial charge in [0.15, 0.2) is 12.7 Å². The second-order valence-corrected chi connectivity index (χ2v) is 6.22. The smallest absolute Gasteiger partial charge is 0.347 e. The third kappa shape index (κ3) is 5.81. The summed E-state index contributed by atoms with van der Waals surface area (Å²) >= 11 is 17.7. The third-order valence-electron chi connectivity index (χ3n) is 3.02. The number of anilines is 1. The first-order valence-electron chi connectivity index (χ1n) is 7.19. The van der Waals surface area contributed by atoms with Crippen LogP contribution in [0, 0.1) is 0 Å². The lowest BCUT2D eigenvalue weighted by Crippen LogP contribution is -2.29. The Labute approximate surface area is 159 Å². The molecule has 1 atom stereocenters. The van der Waals surface area contributed by atoms with Crippen LogP contribution >= 0.6 is 34.8 Å². The summed E-state index contributed by atoms with van der Waals surface area (Å²) in [4.78, 5) is 23.7. The Hall–Kier alpha value is -1.95. The number of carbonyl (C=O) groups excluding carboxylic acids is 2. The van der Waals surface area contributed by atoms with Crippen LogP contribution in [0.3, 0.4) is 0 Å². The molecule has 0 aliphatic heterocycles. The van der Waals surface area contributed by atoms with Gasteiger partial charge in [-0.3, -0.25) is 4.79 Å². The van der Waals surface area contributed by atoms with Crippen LogP contribution in [-0.4, -0.2) is 24.6 Å². The molecule has 0 radical (unpaired) electrons. The number of rotatable bonds is 6. The van der Waals surface area contributed by atoms with Crippen molar-refractivity contribution in [3.05, 3.63) is 57.5 Å². The molecule has 0 unspecified atom stereocenters. The van der Waals surface area contributed by atoms with Crippen LogP contribution in [0.15, 0.2) is 42.5 Å². The lowest BCUT2D eigenvalue weighted by Gasteiger charge is -2.15. The van der Waals surface area contributed by atoms with E-state index < -0.39 is 24.6 Å². The second-order valence-electron chi connectivity index (χ2n) is 4.97. The number of esters is 1. The number of benzene rings is 2. The molecule has 0 saturated heterocycles. The molecule has 0 saturated carbocycles. The Morgan fingerprint density at radius 1 is 1.08 bits per heavy atom. The first-order valence-corrected chi connectivity index (χ1v) is 8.33. The van der Waals surface area contributed by atoms with Crippen molar-refractivity contribution in [3.63, 3.8) is 0 Å². The van der Waals surface area contributed by atoms with Crippen molar-refractivity contribution >= 4 is 52.4 Å².